The predicted molar refractivity (Wildman–Crippen MR) is 249 cm³/mol. The molecule has 64 heavy (non-hydrogen) atoms. The molecule has 2 aliphatic rings. The SMILES string of the molecule is CCCCCCCCCCCCCCCCCCCCCCCCCC/C=C/C(O)C(COC1OC(CO)C(OC2OC(CO)C(O)C(O)C2O)C(O)C1O)NC(=O)CCCCCC. The smallest absolute Gasteiger partial charge is 0.220 e. The highest BCUT2D eigenvalue weighted by atomic mass is 16.7. The molecule has 2 rings (SSSR count). The molecule has 2 saturated heterocycles. The molecule has 14 nitrogen and oxygen atoms in total. The standard InChI is InChI=1S/C50H95NO13/c1-3-5-7-9-10-11-12-13-14-15-16-17-18-19-20-21-22-23-24-25-26-27-28-29-30-31-33-39(54)38(51-42(55)34-32-8-6-4-2)37-61-49-47(60)45(58)48(41(36-53)63-49)64-50-46(59)44(57)43(56)40(35-52)62-50/h31,33,38-41,43-50,52-54,56-60H,3-30,32,34-37H2,1-2H3,(H,51,55)/b33-31+. The molecule has 0 spiro atoms. The normalized spacial score (nSPS) is 27.3. The Kier molecular flexibility index (Phi) is 34.7. The van der Waals surface area contributed by atoms with Gasteiger partial charge in [0.15, 0.2) is 12.6 Å². The fourth-order valence-corrected chi connectivity index (χ4v) is 8.70. The van der Waals surface area contributed by atoms with E-state index in [0.717, 1.165) is 38.5 Å². The molecule has 2 heterocycles. The Hall–Kier alpha value is -1.27. The summed E-state index contributed by atoms with van der Waals surface area (Å²) in [6.07, 6.45) is 23.5. The van der Waals surface area contributed by atoms with Crippen molar-refractivity contribution in [1.29, 1.82) is 0 Å². The highest BCUT2D eigenvalue weighted by Crippen LogP contribution is 2.30. The summed E-state index contributed by atoms with van der Waals surface area (Å²) in [6, 6.07) is -0.905. The molecule has 0 aromatic heterocycles. The molecule has 0 aliphatic carbocycles. The van der Waals surface area contributed by atoms with Gasteiger partial charge in [0, 0.05) is 6.42 Å². The van der Waals surface area contributed by atoms with Gasteiger partial charge in [-0.1, -0.05) is 193 Å². The number of hydrogen-bond donors (Lipinski definition) is 9. The third-order valence-electron chi connectivity index (χ3n) is 13.0. The van der Waals surface area contributed by atoms with Crippen LogP contribution in [0.2, 0.25) is 0 Å². The molecule has 378 valence electrons. The van der Waals surface area contributed by atoms with Gasteiger partial charge in [-0.25, -0.2) is 0 Å². The summed E-state index contributed by atoms with van der Waals surface area (Å²) >= 11 is 0. The van der Waals surface area contributed by atoms with Crippen LogP contribution in [0, 0.1) is 0 Å². The fourth-order valence-electron chi connectivity index (χ4n) is 8.70. The van der Waals surface area contributed by atoms with Gasteiger partial charge in [0.1, 0.15) is 48.8 Å². The van der Waals surface area contributed by atoms with E-state index in [0.29, 0.717) is 6.42 Å². The molecule has 12 atom stereocenters. The molecule has 0 saturated carbocycles. The van der Waals surface area contributed by atoms with E-state index in [1.807, 2.05) is 6.08 Å². The van der Waals surface area contributed by atoms with Crippen molar-refractivity contribution in [2.45, 2.75) is 280 Å². The maximum Gasteiger partial charge on any atom is 0.220 e. The largest absolute Gasteiger partial charge is 0.394 e. The van der Waals surface area contributed by atoms with E-state index in [4.69, 9.17) is 18.9 Å². The summed E-state index contributed by atoms with van der Waals surface area (Å²) in [5.74, 6) is -0.256. The first-order chi connectivity index (χ1) is 31.1. The number of hydrogen-bond acceptors (Lipinski definition) is 13. The number of aliphatic hydroxyl groups is 8. The maximum atomic E-state index is 12.9. The minimum atomic E-state index is -1.78. The molecular formula is C50H95NO13. The Labute approximate surface area is 386 Å². The van der Waals surface area contributed by atoms with E-state index in [1.54, 1.807) is 6.08 Å². The number of allylic oxidation sites excluding steroid dienone is 1. The lowest BCUT2D eigenvalue weighted by atomic mass is 9.97. The van der Waals surface area contributed by atoms with Gasteiger partial charge in [-0.2, -0.15) is 0 Å². The fraction of sp³-hybridized carbons (Fsp3) is 0.940. The molecule has 0 aromatic carbocycles. The lowest BCUT2D eigenvalue weighted by molar-refractivity contribution is -0.359. The van der Waals surface area contributed by atoms with Crippen molar-refractivity contribution >= 4 is 5.91 Å². The first kappa shape index (κ1) is 58.9. The summed E-state index contributed by atoms with van der Waals surface area (Å²) in [5.41, 5.74) is 0. The lowest BCUT2D eigenvalue weighted by Gasteiger charge is -2.46. The number of carbonyl (C=O) groups is 1. The predicted octanol–water partition coefficient (Wildman–Crippen LogP) is 6.77. The highest BCUT2D eigenvalue weighted by Gasteiger charge is 2.51. The molecule has 1 amide bonds. The Bertz CT molecular complexity index is 1130. The third-order valence-corrected chi connectivity index (χ3v) is 13.0. The van der Waals surface area contributed by atoms with Gasteiger partial charge in [-0.3, -0.25) is 4.79 Å². The van der Waals surface area contributed by atoms with Crippen LogP contribution in [0.25, 0.3) is 0 Å². The van der Waals surface area contributed by atoms with Crippen LogP contribution in [0.1, 0.15) is 206 Å². The topological polar surface area (TPSA) is 228 Å². The van der Waals surface area contributed by atoms with Crippen molar-refractivity contribution in [1.82, 2.24) is 5.32 Å². The molecular weight excluding hydrogens is 823 g/mol. The van der Waals surface area contributed by atoms with Crippen LogP contribution in [0.15, 0.2) is 12.2 Å². The first-order valence-electron chi connectivity index (χ1n) is 25.9. The number of amides is 1. The van der Waals surface area contributed by atoms with Crippen molar-refractivity contribution in [3.05, 3.63) is 12.2 Å². The van der Waals surface area contributed by atoms with Crippen molar-refractivity contribution in [2.24, 2.45) is 0 Å². The van der Waals surface area contributed by atoms with E-state index in [1.165, 1.54) is 141 Å². The van der Waals surface area contributed by atoms with Crippen molar-refractivity contribution in [2.75, 3.05) is 19.8 Å². The summed E-state index contributed by atoms with van der Waals surface area (Å²) in [4.78, 5) is 12.9. The Morgan fingerprint density at radius 2 is 0.969 bits per heavy atom. The molecule has 0 bridgehead atoms. The number of unbranched alkanes of at least 4 members (excludes halogenated alkanes) is 27. The van der Waals surface area contributed by atoms with Crippen LogP contribution in [0.3, 0.4) is 0 Å². The maximum absolute atomic E-state index is 12.9. The van der Waals surface area contributed by atoms with Gasteiger partial charge >= 0.3 is 0 Å². The van der Waals surface area contributed by atoms with Crippen molar-refractivity contribution in [3.8, 4) is 0 Å². The number of ether oxygens (including phenoxy) is 4. The zero-order valence-corrected chi connectivity index (χ0v) is 40.0. The Morgan fingerprint density at radius 1 is 0.547 bits per heavy atom. The monoisotopic (exact) mass is 918 g/mol. The highest BCUT2D eigenvalue weighted by molar-refractivity contribution is 5.76. The second-order valence-electron chi connectivity index (χ2n) is 18.7. The molecule has 0 aromatic rings. The van der Waals surface area contributed by atoms with Crippen LogP contribution in [-0.2, 0) is 23.7 Å². The molecule has 9 N–H and O–H groups in total. The van der Waals surface area contributed by atoms with Crippen LogP contribution < -0.4 is 5.32 Å². The Balaban J connectivity index is 1.65. The van der Waals surface area contributed by atoms with Crippen molar-refractivity contribution < 1.29 is 64.6 Å². The van der Waals surface area contributed by atoms with Gasteiger partial charge in [0.25, 0.3) is 0 Å². The minimum Gasteiger partial charge on any atom is -0.394 e. The average molecular weight is 918 g/mol. The summed E-state index contributed by atoms with van der Waals surface area (Å²) < 4.78 is 22.5. The quantitative estimate of drug-likeness (QED) is 0.0229. The van der Waals surface area contributed by atoms with E-state index in [9.17, 15) is 45.6 Å². The van der Waals surface area contributed by atoms with Gasteiger partial charge < -0.3 is 65.1 Å². The second kappa shape index (κ2) is 37.7. The third kappa shape index (κ3) is 24.7. The molecule has 2 aliphatic heterocycles. The average Bonchev–Trinajstić information content (AvgIpc) is 3.29. The van der Waals surface area contributed by atoms with Gasteiger partial charge in [-0.05, 0) is 19.3 Å². The van der Waals surface area contributed by atoms with Gasteiger partial charge in [0.2, 0.25) is 5.91 Å². The summed E-state index contributed by atoms with van der Waals surface area (Å²) in [5, 5.41) is 86.2. The zero-order valence-electron chi connectivity index (χ0n) is 40.0. The number of aliphatic hydroxyl groups excluding tert-OH is 8. The van der Waals surface area contributed by atoms with Gasteiger partial charge in [0.05, 0.1) is 32.0 Å². The molecule has 2 fully saturated rings. The van der Waals surface area contributed by atoms with Crippen LogP contribution in [0.5, 0.6) is 0 Å². The first-order valence-corrected chi connectivity index (χ1v) is 25.9. The van der Waals surface area contributed by atoms with E-state index < -0.39 is 86.8 Å². The number of carbonyl (C=O) groups excluding carboxylic acids is 1. The number of nitrogens with one attached hydrogen (secondary N) is 1. The zero-order chi connectivity index (χ0) is 46.8. The van der Waals surface area contributed by atoms with Crippen LogP contribution in [-0.4, -0.2) is 140 Å². The van der Waals surface area contributed by atoms with E-state index >= 15 is 0 Å². The number of rotatable bonds is 40. The lowest BCUT2D eigenvalue weighted by Crippen LogP contribution is -2.65. The minimum absolute atomic E-state index is 0.256. The Morgan fingerprint density at radius 3 is 1.44 bits per heavy atom. The summed E-state index contributed by atoms with van der Waals surface area (Å²) in [6.45, 7) is 2.66. The summed E-state index contributed by atoms with van der Waals surface area (Å²) in [7, 11) is 0. The second-order valence-corrected chi connectivity index (χ2v) is 18.7. The van der Waals surface area contributed by atoms with Gasteiger partial charge in [-0.15, -0.1) is 0 Å². The molecule has 12 unspecified atom stereocenters. The van der Waals surface area contributed by atoms with E-state index in [-0.39, 0.29) is 18.9 Å². The molecule has 0 radical (unpaired) electrons. The van der Waals surface area contributed by atoms with Crippen molar-refractivity contribution in [3.63, 3.8) is 0 Å². The van der Waals surface area contributed by atoms with E-state index in [2.05, 4.69) is 19.2 Å². The van der Waals surface area contributed by atoms with Crippen LogP contribution >= 0.6 is 0 Å². The van der Waals surface area contributed by atoms with Crippen LogP contribution in [0.4, 0.5) is 0 Å². The molecule has 14 heteroatoms.